The van der Waals surface area contributed by atoms with E-state index in [4.69, 9.17) is 0 Å². The van der Waals surface area contributed by atoms with Crippen molar-refractivity contribution < 1.29 is 14.3 Å². The first-order valence-corrected chi connectivity index (χ1v) is 1.77. The van der Waals surface area contributed by atoms with Crippen LogP contribution in [0.2, 0.25) is 0 Å². The van der Waals surface area contributed by atoms with Gasteiger partial charge in [-0.2, -0.15) is 0 Å². The van der Waals surface area contributed by atoms with Crippen LogP contribution in [-0.4, -0.2) is 48.4 Å². The summed E-state index contributed by atoms with van der Waals surface area (Å²) in [4.78, 5) is 19.8. The first-order chi connectivity index (χ1) is 3.18. The Labute approximate surface area is 69.7 Å². The van der Waals surface area contributed by atoms with Gasteiger partial charge in [-0.25, -0.2) is 4.79 Å². The Morgan fingerprint density at radius 3 is 1.75 bits per heavy atom. The summed E-state index contributed by atoms with van der Waals surface area (Å²) in [6.07, 6.45) is 0. The first-order valence-electron chi connectivity index (χ1n) is 1.77. The van der Waals surface area contributed by atoms with E-state index in [0.717, 1.165) is 6.92 Å². The number of carbonyl (C=O) groups excluding carboxylic acids is 2. The molecule has 0 saturated heterocycles. The fourth-order valence-corrected chi connectivity index (χ4v) is 0.144. The van der Waals surface area contributed by atoms with Gasteiger partial charge in [0.2, 0.25) is 5.78 Å². The minimum atomic E-state index is -0.792. The van der Waals surface area contributed by atoms with E-state index in [-0.39, 0.29) is 29.6 Å². The van der Waals surface area contributed by atoms with Gasteiger partial charge in [0.1, 0.15) is 0 Å². The average molecular weight is 126 g/mol. The zero-order valence-electron chi connectivity index (χ0n) is 4.22. The molecule has 0 aromatic rings. The zero-order valence-corrected chi connectivity index (χ0v) is 4.22. The molecular weight excluding hydrogens is 119 g/mol. The molecule has 0 spiro atoms. The molecule has 0 saturated carbocycles. The van der Waals surface area contributed by atoms with Crippen molar-refractivity contribution in [1.29, 1.82) is 0 Å². The summed E-state index contributed by atoms with van der Waals surface area (Å²) in [6, 6.07) is 0. The minimum absolute atomic E-state index is 0. The second kappa shape index (κ2) is 5.28. The van der Waals surface area contributed by atoms with Crippen molar-refractivity contribution in [2.45, 2.75) is 6.92 Å². The predicted molar refractivity (Wildman–Crippen MR) is 29.8 cm³/mol. The summed E-state index contributed by atoms with van der Waals surface area (Å²) in [6.45, 7) is 1.16. The van der Waals surface area contributed by atoms with Crippen LogP contribution in [-0.2, 0) is 14.3 Å². The zero-order chi connectivity index (χ0) is 5.86. The Kier molecular flexibility index (Phi) is 7.26. The molecule has 3 nitrogen and oxygen atoms in total. The van der Waals surface area contributed by atoms with Crippen molar-refractivity contribution in [3.8, 4) is 0 Å². The van der Waals surface area contributed by atoms with Gasteiger partial charge >= 0.3 is 35.5 Å². The van der Waals surface area contributed by atoms with Crippen LogP contribution < -0.4 is 0 Å². The van der Waals surface area contributed by atoms with Gasteiger partial charge in [0, 0.05) is 6.92 Å². The number of Topliss-reactive ketones (excluding diaryl/α,β-unsaturated/α-hetero) is 1. The second-order valence-electron chi connectivity index (χ2n) is 1.05. The second-order valence-corrected chi connectivity index (χ2v) is 1.05. The molecule has 0 aliphatic heterocycles. The SMILES string of the molecule is COC(=O)C(C)=O.[NaH]. The predicted octanol–water partition coefficient (Wildman–Crippen LogP) is -0.900. The number of ether oxygens (including phenoxy) is 1. The Morgan fingerprint density at radius 2 is 1.75 bits per heavy atom. The maximum absolute atomic E-state index is 9.94. The summed E-state index contributed by atoms with van der Waals surface area (Å²) in [7, 11) is 1.17. The van der Waals surface area contributed by atoms with Crippen LogP contribution in [0.25, 0.3) is 0 Å². The van der Waals surface area contributed by atoms with Gasteiger partial charge in [0.15, 0.2) is 0 Å². The maximum atomic E-state index is 9.94. The number of esters is 1. The molecule has 0 aromatic heterocycles. The van der Waals surface area contributed by atoms with Gasteiger partial charge in [-0.05, 0) is 0 Å². The Morgan fingerprint density at radius 1 is 1.38 bits per heavy atom. The molecule has 8 heavy (non-hydrogen) atoms. The number of methoxy groups -OCH3 is 1. The third-order valence-corrected chi connectivity index (χ3v) is 0.473. The number of rotatable bonds is 1. The van der Waals surface area contributed by atoms with Gasteiger partial charge < -0.3 is 4.74 Å². The summed E-state index contributed by atoms with van der Waals surface area (Å²) in [5.74, 6) is -1.36. The summed E-state index contributed by atoms with van der Waals surface area (Å²) in [5, 5.41) is 0. The normalized spacial score (nSPS) is 6.75. The summed E-state index contributed by atoms with van der Waals surface area (Å²) < 4.78 is 4.02. The molecule has 0 fully saturated rings. The fraction of sp³-hybridized carbons (Fsp3) is 0.500. The van der Waals surface area contributed by atoms with E-state index in [2.05, 4.69) is 4.74 Å². The molecule has 0 amide bonds. The molecule has 0 bridgehead atoms. The molecular formula is C4H7NaO3. The van der Waals surface area contributed by atoms with Gasteiger partial charge in [-0.3, -0.25) is 4.79 Å². The van der Waals surface area contributed by atoms with Crippen molar-refractivity contribution >= 4 is 41.3 Å². The number of carbonyl (C=O) groups is 2. The van der Waals surface area contributed by atoms with Crippen LogP contribution in [0.3, 0.4) is 0 Å². The molecule has 0 aliphatic carbocycles. The molecule has 0 N–H and O–H groups in total. The molecule has 4 heteroatoms. The van der Waals surface area contributed by atoms with Crippen LogP contribution in [0, 0.1) is 0 Å². The van der Waals surface area contributed by atoms with Crippen LogP contribution in [0.1, 0.15) is 6.92 Å². The van der Waals surface area contributed by atoms with Crippen LogP contribution in [0.5, 0.6) is 0 Å². The molecule has 0 aliphatic rings. The van der Waals surface area contributed by atoms with E-state index in [0.29, 0.717) is 0 Å². The third-order valence-electron chi connectivity index (χ3n) is 0.473. The Hall–Kier alpha value is 0.140. The number of ketones is 1. The van der Waals surface area contributed by atoms with Crippen molar-refractivity contribution in [2.24, 2.45) is 0 Å². The first kappa shape index (κ1) is 11.0. The molecule has 0 radical (unpaired) electrons. The monoisotopic (exact) mass is 126 g/mol. The van der Waals surface area contributed by atoms with Gasteiger partial charge in [0.05, 0.1) is 7.11 Å². The average Bonchev–Trinajstić information content (AvgIpc) is 1.65. The number of hydrogen-bond acceptors (Lipinski definition) is 3. The molecule has 42 valence electrons. The van der Waals surface area contributed by atoms with E-state index >= 15 is 0 Å². The van der Waals surface area contributed by atoms with E-state index in [9.17, 15) is 9.59 Å². The van der Waals surface area contributed by atoms with Gasteiger partial charge in [-0.15, -0.1) is 0 Å². The van der Waals surface area contributed by atoms with Gasteiger partial charge in [0.25, 0.3) is 0 Å². The van der Waals surface area contributed by atoms with Crippen LogP contribution >= 0.6 is 0 Å². The van der Waals surface area contributed by atoms with E-state index in [1.165, 1.54) is 7.11 Å². The molecule has 0 atom stereocenters. The van der Waals surface area contributed by atoms with Crippen LogP contribution in [0.15, 0.2) is 0 Å². The quantitative estimate of drug-likeness (QED) is 0.260. The number of hydrogen-bond donors (Lipinski definition) is 0. The van der Waals surface area contributed by atoms with E-state index in [1.54, 1.807) is 0 Å². The van der Waals surface area contributed by atoms with E-state index < -0.39 is 11.8 Å². The Balaban J connectivity index is 0. The van der Waals surface area contributed by atoms with Crippen molar-refractivity contribution in [1.82, 2.24) is 0 Å². The van der Waals surface area contributed by atoms with Crippen molar-refractivity contribution in [3.05, 3.63) is 0 Å². The standard InChI is InChI=1S/C4H6O3.Na.H/c1-3(5)4(6)7-2;;/h1-2H3;;. The summed E-state index contributed by atoms with van der Waals surface area (Å²) in [5.41, 5.74) is 0. The van der Waals surface area contributed by atoms with Crippen molar-refractivity contribution in [2.75, 3.05) is 7.11 Å². The van der Waals surface area contributed by atoms with Crippen molar-refractivity contribution in [3.63, 3.8) is 0 Å². The topological polar surface area (TPSA) is 43.4 Å². The molecule has 0 aromatic carbocycles. The third kappa shape index (κ3) is 4.30. The van der Waals surface area contributed by atoms with E-state index in [1.807, 2.05) is 0 Å². The van der Waals surface area contributed by atoms with Gasteiger partial charge in [-0.1, -0.05) is 0 Å². The molecule has 0 rings (SSSR count). The molecule has 0 heterocycles. The van der Waals surface area contributed by atoms with Crippen LogP contribution in [0.4, 0.5) is 0 Å². The fourth-order valence-electron chi connectivity index (χ4n) is 0.144. The summed E-state index contributed by atoms with van der Waals surface area (Å²) >= 11 is 0. The Bertz CT molecular complexity index is 99.5. The molecule has 0 unspecified atom stereocenters.